The summed E-state index contributed by atoms with van der Waals surface area (Å²) in [5.41, 5.74) is 7.19. The van der Waals surface area contributed by atoms with Gasteiger partial charge in [-0.05, 0) is 44.0 Å². The topological polar surface area (TPSA) is 29.3 Å². The summed E-state index contributed by atoms with van der Waals surface area (Å²) < 4.78 is 1.15. The second kappa shape index (κ2) is 5.30. The molecule has 0 spiro atoms. The fraction of sp³-hybridized carbons (Fsp3) is 0.538. The first-order valence-corrected chi connectivity index (χ1v) is 6.73. The van der Waals surface area contributed by atoms with Crippen molar-refractivity contribution in [2.75, 3.05) is 13.1 Å². The minimum atomic E-state index is 0.466. The Balaban J connectivity index is 2.15. The van der Waals surface area contributed by atoms with Gasteiger partial charge in [-0.3, -0.25) is 4.90 Å². The first-order valence-electron chi connectivity index (χ1n) is 5.93. The van der Waals surface area contributed by atoms with Crippen LogP contribution in [0.25, 0.3) is 0 Å². The monoisotopic (exact) mass is 282 g/mol. The van der Waals surface area contributed by atoms with Crippen LogP contribution < -0.4 is 5.73 Å². The normalized spacial score (nSPS) is 23.6. The van der Waals surface area contributed by atoms with Gasteiger partial charge in [-0.25, -0.2) is 0 Å². The van der Waals surface area contributed by atoms with E-state index in [2.05, 4.69) is 52.0 Å². The summed E-state index contributed by atoms with van der Waals surface area (Å²) in [5, 5.41) is 0. The molecule has 2 nitrogen and oxygen atoms in total. The lowest BCUT2D eigenvalue weighted by molar-refractivity contribution is 0.197. The molecule has 2 unspecified atom stereocenters. The smallest absolute Gasteiger partial charge is 0.0323 e. The number of benzene rings is 1. The molecule has 1 aliphatic rings. The summed E-state index contributed by atoms with van der Waals surface area (Å²) in [6.45, 7) is 4.23. The molecule has 16 heavy (non-hydrogen) atoms. The van der Waals surface area contributed by atoms with Crippen molar-refractivity contribution < 1.29 is 0 Å². The Bertz CT molecular complexity index is 354. The van der Waals surface area contributed by atoms with Gasteiger partial charge in [0.1, 0.15) is 0 Å². The zero-order valence-electron chi connectivity index (χ0n) is 9.70. The van der Waals surface area contributed by atoms with E-state index in [1.807, 2.05) is 0 Å². The van der Waals surface area contributed by atoms with Crippen molar-refractivity contribution in [2.45, 2.75) is 31.8 Å². The third kappa shape index (κ3) is 2.47. The van der Waals surface area contributed by atoms with Crippen LogP contribution in [-0.2, 0) is 0 Å². The van der Waals surface area contributed by atoms with Crippen LogP contribution in [0.2, 0.25) is 0 Å². The average molecular weight is 283 g/mol. The number of halogens is 1. The maximum absolute atomic E-state index is 5.82. The highest BCUT2D eigenvalue weighted by Crippen LogP contribution is 2.29. The van der Waals surface area contributed by atoms with E-state index in [9.17, 15) is 0 Å². The van der Waals surface area contributed by atoms with Gasteiger partial charge in [0.25, 0.3) is 0 Å². The van der Waals surface area contributed by atoms with Crippen molar-refractivity contribution in [1.82, 2.24) is 4.90 Å². The SMILES string of the molecule is CC(c1cccc(Br)c1)N1CCCC1CN. The Kier molecular flexibility index (Phi) is 4.00. The van der Waals surface area contributed by atoms with E-state index in [-0.39, 0.29) is 0 Å². The van der Waals surface area contributed by atoms with E-state index in [4.69, 9.17) is 5.73 Å². The van der Waals surface area contributed by atoms with Gasteiger partial charge in [-0.15, -0.1) is 0 Å². The lowest BCUT2D eigenvalue weighted by Crippen LogP contribution is -2.37. The van der Waals surface area contributed by atoms with E-state index >= 15 is 0 Å². The minimum absolute atomic E-state index is 0.466. The number of hydrogen-bond acceptors (Lipinski definition) is 2. The molecule has 2 rings (SSSR count). The highest BCUT2D eigenvalue weighted by molar-refractivity contribution is 9.10. The lowest BCUT2D eigenvalue weighted by Gasteiger charge is -2.30. The van der Waals surface area contributed by atoms with Crippen LogP contribution in [0, 0.1) is 0 Å². The number of likely N-dealkylation sites (tertiary alicyclic amines) is 1. The van der Waals surface area contributed by atoms with Crippen LogP contribution in [0.5, 0.6) is 0 Å². The van der Waals surface area contributed by atoms with E-state index in [0.29, 0.717) is 12.1 Å². The van der Waals surface area contributed by atoms with Gasteiger partial charge < -0.3 is 5.73 Å². The number of rotatable bonds is 3. The summed E-state index contributed by atoms with van der Waals surface area (Å²) in [6.07, 6.45) is 2.52. The van der Waals surface area contributed by atoms with Crippen LogP contribution in [0.3, 0.4) is 0 Å². The van der Waals surface area contributed by atoms with Gasteiger partial charge in [0, 0.05) is 23.1 Å². The molecule has 1 heterocycles. The molecular formula is C13H19BrN2. The first kappa shape index (κ1) is 12.1. The van der Waals surface area contributed by atoms with Gasteiger partial charge in [0.05, 0.1) is 0 Å². The molecule has 1 aliphatic heterocycles. The Morgan fingerprint density at radius 2 is 2.38 bits per heavy atom. The third-order valence-corrected chi connectivity index (χ3v) is 4.02. The molecule has 0 aliphatic carbocycles. The molecule has 1 aromatic carbocycles. The summed E-state index contributed by atoms with van der Waals surface area (Å²) in [5.74, 6) is 0. The fourth-order valence-corrected chi connectivity index (χ4v) is 3.00. The Hall–Kier alpha value is -0.380. The van der Waals surface area contributed by atoms with Crippen molar-refractivity contribution >= 4 is 15.9 Å². The first-order chi connectivity index (χ1) is 7.72. The van der Waals surface area contributed by atoms with Crippen molar-refractivity contribution in [3.05, 3.63) is 34.3 Å². The van der Waals surface area contributed by atoms with Crippen molar-refractivity contribution in [3.63, 3.8) is 0 Å². The maximum atomic E-state index is 5.82. The highest BCUT2D eigenvalue weighted by Gasteiger charge is 2.27. The Morgan fingerprint density at radius 3 is 3.06 bits per heavy atom. The molecule has 2 atom stereocenters. The average Bonchev–Trinajstić information content (AvgIpc) is 2.76. The zero-order valence-corrected chi connectivity index (χ0v) is 11.3. The van der Waals surface area contributed by atoms with Gasteiger partial charge >= 0.3 is 0 Å². The van der Waals surface area contributed by atoms with Gasteiger partial charge in [0.15, 0.2) is 0 Å². The molecule has 2 N–H and O–H groups in total. The molecular weight excluding hydrogens is 264 g/mol. The predicted octanol–water partition coefficient (Wildman–Crippen LogP) is 2.93. The van der Waals surface area contributed by atoms with Crippen LogP contribution in [0.15, 0.2) is 28.7 Å². The van der Waals surface area contributed by atoms with E-state index in [1.54, 1.807) is 0 Å². The summed E-state index contributed by atoms with van der Waals surface area (Å²) in [4.78, 5) is 2.53. The number of nitrogens with two attached hydrogens (primary N) is 1. The third-order valence-electron chi connectivity index (χ3n) is 3.52. The summed E-state index contributed by atoms with van der Waals surface area (Å²) in [7, 11) is 0. The van der Waals surface area contributed by atoms with Crippen LogP contribution >= 0.6 is 15.9 Å². The van der Waals surface area contributed by atoms with Crippen LogP contribution in [0.1, 0.15) is 31.4 Å². The van der Waals surface area contributed by atoms with Crippen molar-refractivity contribution in [3.8, 4) is 0 Å². The standard InChI is InChI=1S/C13H19BrN2/c1-10(11-4-2-5-12(14)8-11)16-7-3-6-13(16)9-15/h2,4-5,8,10,13H,3,6-7,9,15H2,1H3. The molecule has 0 saturated carbocycles. The number of hydrogen-bond donors (Lipinski definition) is 1. The second-order valence-corrected chi connectivity index (χ2v) is 5.42. The molecule has 0 radical (unpaired) electrons. The van der Waals surface area contributed by atoms with E-state index in [1.165, 1.54) is 24.9 Å². The van der Waals surface area contributed by atoms with E-state index in [0.717, 1.165) is 11.0 Å². The van der Waals surface area contributed by atoms with Gasteiger partial charge in [-0.1, -0.05) is 28.1 Å². The fourth-order valence-electron chi connectivity index (χ4n) is 2.58. The van der Waals surface area contributed by atoms with Crippen molar-refractivity contribution in [2.24, 2.45) is 5.73 Å². The largest absolute Gasteiger partial charge is 0.329 e. The summed E-state index contributed by atoms with van der Waals surface area (Å²) >= 11 is 3.53. The molecule has 0 bridgehead atoms. The molecule has 1 aromatic rings. The zero-order chi connectivity index (χ0) is 11.5. The Morgan fingerprint density at radius 1 is 1.56 bits per heavy atom. The molecule has 0 aromatic heterocycles. The van der Waals surface area contributed by atoms with Gasteiger partial charge in [0.2, 0.25) is 0 Å². The Labute approximate surface area is 106 Å². The molecule has 1 saturated heterocycles. The predicted molar refractivity (Wildman–Crippen MR) is 71.3 cm³/mol. The minimum Gasteiger partial charge on any atom is -0.329 e. The van der Waals surface area contributed by atoms with Crippen LogP contribution in [0.4, 0.5) is 0 Å². The molecule has 1 fully saturated rings. The van der Waals surface area contributed by atoms with E-state index < -0.39 is 0 Å². The quantitative estimate of drug-likeness (QED) is 0.924. The molecule has 88 valence electrons. The number of nitrogens with zero attached hydrogens (tertiary/aromatic N) is 1. The van der Waals surface area contributed by atoms with Crippen molar-refractivity contribution in [1.29, 1.82) is 0 Å². The lowest BCUT2D eigenvalue weighted by atomic mass is 10.1. The van der Waals surface area contributed by atoms with Gasteiger partial charge in [-0.2, -0.15) is 0 Å². The molecule has 3 heteroatoms. The highest BCUT2D eigenvalue weighted by atomic mass is 79.9. The molecule has 0 amide bonds. The summed E-state index contributed by atoms with van der Waals surface area (Å²) in [6, 6.07) is 9.60. The second-order valence-electron chi connectivity index (χ2n) is 4.50. The van der Waals surface area contributed by atoms with Crippen LogP contribution in [-0.4, -0.2) is 24.0 Å². The maximum Gasteiger partial charge on any atom is 0.0323 e.